The van der Waals surface area contributed by atoms with Gasteiger partial charge in [0.25, 0.3) is 11.8 Å². The van der Waals surface area contributed by atoms with Gasteiger partial charge >= 0.3 is 12.1 Å². The summed E-state index contributed by atoms with van der Waals surface area (Å²) in [5.41, 5.74) is -0.201. The molecular formula is C32H39FN6O9. The Hall–Kier alpha value is -5.02. The van der Waals surface area contributed by atoms with Crippen LogP contribution < -0.4 is 15.4 Å². The molecule has 3 N–H and O–H groups in total. The molecule has 2 aliphatic heterocycles. The molecule has 0 radical (unpaired) electrons. The average Bonchev–Trinajstić information content (AvgIpc) is 3.02. The van der Waals surface area contributed by atoms with Crippen molar-refractivity contribution in [2.45, 2.75) is 63.6 Å². The first kappa shape index (κ1) is 34.3. The SMILES string of the molecule is CCOC(=O)N1CCN(C(=O)[C@H](CCC(=O)O)NC(=O)c2cc(OCC(=O)N3CC[C@H]3C(=O)NC3CCC3)c3ccc(F)cc3n2)CC1. The van der Waals surface area contributed by atoms with Gasteiger partial charge in [-0.15, -0.1) is 0 Å². The summed E-state index contributed by atoms with van der Waals surface area (Å²) in [6, 6.07) is 3.24. The van der Waals surface area contributed by atoms with Crippen LogP contribution in [0.25, 0.3) is 10.9 Å². The number of carboxylic acids is 1. The number of benzene rings is 1. The number of piperazine rings is 1. The van der Waals surface area contributed by atoms with Gasteiger partial charge in [-0.05, 0) is 51.2 Å². The van der Waals surface area contributed by atoms with Crippen LogP contribution in [0.5, 0.6) is 5.75 Å². The summed E-state index contributed by atoms with van der Waals surface area (Å²) >= 11 is 0. The summed E-state index contributed by atoms with van der Waals surface area (Å²) in [5, 5.41) is 15.1. The van der Waals surface area contributed by atoms with E-state index in [0.717, 1.165) is 25.3 Å². The number of nitrogens with zero attached hydrogens (tertiary/aromatic N) is 4. The molecule has 1 aromatic carbocycles. The first-order chi connectivity index (χ1) is 23.0. The Morgan fingerprint density at radius 3 is 2.38 bits per heavy atom. The van der Waals surface area contributed by atoms with Gasteiger partial charge in [0, 0.05) is 62.7 Å². The summed E-state index contributed by atoms with van der Waals surface area (Å²) in [6.45, 7) is 2.53. The van der Waals surface area contributed by atoms with Crippen LogP contribution in [0.3, 0.4) is 0 Å². The van der Waals surface area contributed by atoms with E-state index in [1.54, 1.807) is 6.92 Å². The second kappa shape index (κ2) is 15.3. The summed E-state index contributed by atoms with van der Waals surface area (Å²) in [5.74, 6) is -3.76. The van der Waals surface area contributed by atoms with Crippen LogP contribution in [-0.2, 0) is 23.9 Å². The second-order valence-corrected chi connectivity index (χ2v) is 12.0. The van der Waals surface area contributed by atoms with E-state index < -0.39 is 60.7 Å². The monoisotopic (exact) mass is 670 g/mol. The van der Waals surface area contributed by atoms with E-state index in [-0.39, 0.29) is 68.1 Å². The predicted molar refractivity (Wildman–Crippen MR) is 166 cm³/mol. The fourth-order valence-corrected chi connectivity index (χ4v) is 5.74. The number of nitrogens with one attached hydrogen (secondary N) is 2. The maximum atomic E-state index is 14.2. The topological polar surface area (TPSA) is 188 Å². The molecule has 0 unspecified atom stereocenters. The number of rotatable bonds is 12. The van der Waals surface area contributed by atoms with Crippen LogP contribution in [0.1, 0.15) is 55.9 Å². The number of carbonyl (C=O) groups is 6. The Morgan fingerprint density at radius 2 is 1.75 bits per heavy atom. The molecule has 0 bridgehead atoms. The minimum absolute atomic E-state index is 0.0512. The number of pyridine rings is 1. The van der Waals surface area contributed by atoms with E-state index in [9.17, 15) is 38.3 Å². The molecule has 15 nitrogen and oxygen atoms in total. The molecule has 2 saturated heterocycles. The summed E-state index contributed by atoms with van der Waals surface area (Å²) in [6.07, 6.45) is 2.30. The van der Waals surface area contributed by atoms with Gasteiger partial charge in [-0.1, -0.05) is 0 Å². The molecule has 48 heavy (non-hydrogen) atoms. The molecule has 2 atom stereocenters. The van der Waals surface area contributed by atoms with Crippen LogP contribution in [0.4, 0.5) is 9.18 Å². The molecule has 3 fully saturated rings. The lowest BCUT2D eigenvalue weighted by Crippen LogP contribution is -2.60. The van der Waals surface area contributed by atoms with Crippen LogP contribution in [-0.4, -0.2) is 125 Å². The fraction of sp³-hybridized carbons (Fsp3) is 0.531. The van der Waals surface area contributed by atoms with Crippen molar-refractivity contribution in [3.63, 3.8) is 0 Å². The van der Waals surface area contributed by atoms with Crippen LogP contribution >= 0.6 is 0 Å². The smallest absolute Gasteiger partial charge is 0.409 e. The first-order valence-corrected chi connectivity index (χ1v) is 16.1. The number of hydrogen-bond donors (Lipinski definition) is 3. The highest BCUT2D eigenvalue weighted by molar-refractivity contribution is 5.99. The number of fused-ring (bicyclic) bond motifs is 1. The van der Waals surface area contributed by atoms with E-state index >= 15 is 0 Å². The van der Waals surface area contributed by atoms with Gasteiger partial charge in [-0.2, -0.15) is 0 Å². The number of hydrogen-bond acceptors (Lipinski definition) is 9. The van der Waals surface area contributed by atoms with Gasteiger partial charge in [-0.3, -0.25) is 24.0 Å². The van der Waals surface area contributed by atoms with Crippen molar-refractivity contribution in [2.75, 3.05) is 45.9 Å². The molecule has 1 aromatic heterocycles. The normalized spacial score (nSPS) is 18.3. The third kappa shape index (κ3) is 8.09. The second-order valence-electron chi connectivity index (χ2n) is 12.0. The molecule has 16 heteroatoms. The zero-order valence-corrected chi connectivity index (χ0v) is 26.6. The molecule has 3 aliphatic rings. The van der Waals surface area contributed by atoms with E-state index in [0.29, 0.717) is 18.4 Å². The minimum Gasteiger partial charge on any atom is -0.483 e. The third-order valence-electron chi connectivity index (χ3n) is 8.78. The van der Waals surface area contributed by atoms with Gasteiger partial charge in [0.1, 0.15) is 29.3 Å². The number of likely N-dealkylation sites (tertiary alicyclic amines) is 1. The van der Waals surface area contributed by atoms with Crippen molar-refractivity contribution in [1.29, 1.82) is 0 Å². The molecule has 5 amide bonds. The third-order valence-corrected chi connectivity index (χ3v) is 8.78. The lowest BCUT2D eigenvalue weighted by atomic mass is 9.92. The Bertz CT molecular complexity index is 1580. The number of ether oxygens (including phenoxy) is 2. The first-order valence-electron chi connectivity index (χ1n) is 16.1. The molecule has 2 aromatic rings. The number of aliphatic carboxylic acids is 1. The van der Waals surface area contributed by atoms with Crippen molar-refractivity contribution >= 4 is 46.6 Å². The molecule has 0 spiro atoms. The van der Waals surface area contributed by atoms with Gasteiger partial charge in [0.2, 0.25) is 11.8 Å². The number of carbonyl (C=O) groups excluding carboxylic acids is 5. The highest BCUT2D eigenvalue weighted by Gasteiger charge is 2.39. The maximum absolute atomic E-state index is 14.2. The average molecular weight is 671 g/mol. The van der Waals surface area contributed by atoms with Crippen LogP contribution in [0, 0.1) is 5.82 Å². The molecule has 1 saturated carbocycles. The van der Waals surface area contributed by atoms with Crippen molar-refractivity contribution in [3.8, 4) is 5.75 Å². The van der Waals surface area contributed by atoms with Crippen molar-refractivity contribution in [2.24, 2.45) is 0 Å². The summed E-state index contributed by atoms with van der Waals surface area (Å²) in [7, 11) is 0. The Labute approximate surface area is 275 Å². The number of carboxylic acid groups (broad SMARTS) is 1. The highest BCUT2D eigenvalue weighted by Crippen LogP contribution is 2.28. The minimum atomic E-state index is -1.24. The lowest BCUT2D eigenvalue weighted by molar-refractivity contribution is -0.149. The quantitative estimate of drug-likeness (QED) is 0.297. The lowest BCUT2D eigenvalue weighted by Gasteiger charge is -2.41. The van der Waals surface area contributed by atoms with E-state index in [4.69, 9.17) is 9.47 Å². The van der Waals surface area contributed by atoms with Crippen LogP contribution in [0.15, 0.2) is 24.3 Å². The number of halogens is 1. The Kier molecular flexibility index (Phi) is 10.9. The van der Waals surface area contributed by atoms with Crippen molar-refractivity contribution in [3.05, 3.63) is 35.8 Å². The molecule has 258 valence electrons. The number of amides is 5. The van der Waals surface area contributed by atoms with E-state index in [2.05, 4.69) is 15.6 Å². The number of aromatic nitrogens is 1. The maximum Gasteiger partial charge on any atom is 0.409 e. The van der Waals surface area contributed by atoms with Crippen LogP contribution in [0.2, 0.25) is 0 Å². The van der Waals surface area contributed by atoms with E-state index in [1.165, 1.54) is 32.9 Å². The zero-order chi connectivity index (χ0) is 34.4. The Balaban J connectivity index is 1.28. The molecule has 5 rings (SSSR count). The van der Waals surface area contributed by atoms with E-state index in [1.807, 2.05) is 0 Å². The van der Waals surface area contributed by atoms with Crippen molar-refractivity contribution in [1.82, 2.24) is 30.3 Å². The predicted octanol–water partition coefficient (Wildman–Crippen LogP) is 1.29. The van der Waals surface area contributed by atoms with Gasteiger partial charge in [-0.25, -0.2) is 14.2 Å². The van der Waals surface area contributed by atoms with Gasteiger partial charge in [0.15, 0.2) is 6.61 Å². The van der Waals surface area contributed by atoms with Crippen molar-refractivity contribution < 1.29 is 47.7 Å². The molecule has 1 aliphatic carbocycles. The molecule has 3 heterocycles. The Morgan fingerprint density at radius 1 is 1.02 bits per heavy atom. The standard InChI is InChI=1S/C32H39FN6O9/c1-2-47-32(46)38-14-12-37(13-15-38)31(45)22(8-9-28(41)42)36-29(43)24-17-26(21-7-6-19(33)16-23(21)35-24)48-18-27(40)39-11-10-25(39)30(44)34-20-4-3-5-20/h6-7,16-17,20,22,25H,2-5,8-15,18H2,1H3,(H,34,44)(H,36,43)(H,41,42)/t22-,25-/m0/s1. The summed E-state index contributed by atoms with van der Waals surface area (Å²) < 4.78 is 25.0. The fourth-order valence-electron chi connectivity index (χ4n) is 5.74. The summed E-state index contributed by atoms with van der Waals surface area (Å²) in [4.78, 5) is 84.6. The van der Waals surface area contributed by atoms with Gasteiger partial charge < -0.3 is 39.9 Å². The highest BCUT2D eigenvalue weighted by atomic mass is 19.1. The zero-order valence-electron chi connectivity index (χ0n) is 26.6. The molecular weight excluding hydrogens is 631 g/mol. The largest absolute Gasteiger partial charge is 0.483 e. The van der Waals surface area contributed by atoms with Gasteiger partial charge in [0.05, 0.1) is 12.1 Å².